The molecule has 0 saturated heterocycles. The number of nitrogen functional groups attached to an aromatic ring is 1. The van der Waals surface area contributed by atoms with Gasteiger partial charge in [-0.3, -0.25) is 4.79 Å². The van der Waals surface area contributed by atoms with Crippen LogP contribution in [0, 0.1) is 0 Å². The second-order valence-electron chi connectivity index (χ2n) is 4.34. The van der Waals surface area contributed by atoms with Crippen LogP contribution in [0.25, 0.3) is 10.2 Å². The van der Waals surface area contributed by atoms with E-state index in [-0.39, 0.29) is 12.0 Å². The smallest absolute Gasteiger partial charge is 0.251 e. The highest BCUT2D eigenvalue weighted by Gasteiger charge is 2.09. The third-order valence-electron chi connectivity index (χ3n) is 2.90. The fourth-order valence-corrected chi connectivity index (χ4v) is 2.52. The Morgan fingerprint density at radius 3 is 3.11 bits per heavy atom. The second-order valence-corrected chi connectivity index (χ2v) is 5.40. The predicted molar refractivity (Wildman–Crippen MR) is 77.3 cm³/mol. The van der Waals surface area contributed by atoms with Gasteiger partial charge in [-0.1, -0.05) is 18.3 Å². The number of anilines is 1. The number of benzene rings is 1. The molecule has 1 atom stereocenters. The summed E-state index contributed by atoms with van der Waals surface area (Å²) in [5.41, 5.74) is 7.02. The van der Waals surface area contributed by atoms with Crippen LogP contribution in [0.1, 0.15) is 30.1 Å². The van der Waals surface area contributed by atoms with Gasteiger partial charge in [0.2, 0.25) is 0 Å². The summed E-state index contributed by atoms with van der Waals surface area (Å²) in [7, 11) is 0. The Bertz CT molecular complexity index is 582. The third kappa shape index (κ3) is 3.42. The van der Waals surface area contributed by atoms with Crippen LogP contribution in [0.4, 0.5) is 5.13 Å². The van der Waals surface area contributed by atoms with Crippen molar-refractivity contribution >= 4 is 32.6 Å². The number of aliphatic hydroxyl groups is 1. The largest absolute Gasteiger partial charge is 0.393 e. The number of hydrogen-bond donors (Lipinski definition) is 3. The number of aliphatic hydroxyl groups excluding tert-OH is 1. The molecule has 0 bridgehead atoms. The summed E-state index contributed by atoms with van der Waals surface area (Å²) in [5.74, 6) is -0.142. The van der Waals surface area contributed by atoms with Gasteiger partial charge in [0.15, 0.2) is 5.13 Å². The highest BCUT2D eigenvalue weighted by molar-refractivity contribution is 7.22. The first-order valence-corrected chi connectivity index (χ1v) is 7.04. The van der Waals surface area contributed by atoms with Gasteiger partial charge in [-0.15, -0.1) is 0 Å². The normalized spacial score (nSPS) is 12.5. The second kappa shape index (κ2) is 5.99. The molecule has 0 radical (unpaired) electrons. The van der Waals surface area contributed by atoms with Crippen molar-refractivity contribution in [1.29, 1.82) is 0 Å². The summed E-state index contributed by atoms with van der Waals surface area (Å²) in [4.78, 5) is 16.1. The van der Waals surface area contributed by atoms with Crippen molar-refractivity contribution in [2.75, 3.05) is 12.3 Å². The molecule has 102 valence electrons. The number of amides is 1. The zero-order valence-electron chi connectivity index (χ0n) is 10.7. The number of nitrogens with zero attached hydrogens (tertiary/aromatic N) is 1. The first kappa shape index (κ1) is 13.8. The van der Waals surface area contributed by atoms with Gasteiger partial charge in [0.25, 0.3) is 5.91 Å². The lowest BCUT2D eigenvalue weighted by atomic mass is 10.2. The van der Waals surface area contributed by atoms with Gasteiger partial charge in [0.05, 0.1) is 16.3 Å². The number of aromatic nitrogens is 1. The lowest BCUT2D eigenvalue weighted by Gasteiger charge is -2.08. The van der Waals surface area contributed by atoms with Crippen LogP contribution < -0.4 is 11.1 Å². The fraction of sp³-hybridized carbons (Fsp3) is 0.385. The van der Waals surface area contributed by atoms with E-state index in [2.05, 4.69) is 10.3 Å². The van der Waals surface area contributed by atoms with Crippen LogP contribution >= 0.6 is 11.3 Å². The molecule has 19 heavy (non-hydrogen) atoms. The summed E-state index contributed by atoms with van der Waals surface area (Å²) in [6.07, 6.45) is 0.907. The number of carbonyl (C=O) groups is 1. The maximum atomic E-state index is 11.9. The first-order chi connectivity index (χ1) is 9.10. The van der Waals surface area contributed by atoms with Crippen molar-refractivity contribution in [2.24, 2.45) is 0 Å². The molecular formula is C13H17N3O2S. The Kier molecular flexibility index (Phi) is 4.34. The van der Waals surface area contributed by atoms with Gasteiger partial charge in [0.1, 0.15) is 0 Å². The lowest BCUT2D eigenvalue weighted by Crippen LogP contribution is -2.26. The SMILES string of the molecule is CCC(O)CCNC(=O)c1ccc2nc(N)sc2c1. The average molecular weight is 279 g/mol. The molecule has 1 heterocycles. The zero-order chi connectivity index (χ0) is 13.8. The Morgan fingerprint density at radius 2 is 2.37 bits per heavy atom. The van der Waals surface area contributed by atoms with Crippen LogP contribution in [-0.4, -0.2) is 28.6 Å². The molecule has 0 fully saturated rings. The highest BCUT2D eigenvalue weighted by atomic mass is 32.1. The number of thiazole rings is 1. The van der Waals surface area contributed by atoms with Crippen molar-refractivity contribution in [3.63, 3.8) is 0 Å². The number of fused-ring (bicyclic) bond motifs is 1. The van der Waals surface area contributed by atoms with E-state index < -0.39 is 0 Å². The third-order valence-corrected chi connectivity index (χ3v) is 3.75. The molecule has 6 heteroatoms. The zero-order valence-corrected chi connectivity index (χ0v) is 11.5. The van der Waals surface area contributed by atoms with Crippen molar-refractivity contribution in [3.05, 3.63) is 23.8 Å². The molecule has 0 aliphatic rings. The molecular weight excluding hydrogens is 262 g/mol. The number of nitrogens with two attached hydrogens (primary N) is 1. The molecule has 5 nitrogen and oxygen atoms in total. The van der Waals surface area contributed by atoms with E-state index in [9.17, 15) is 9.90 Å². The molecule has 1 unspecified atom stereocenters. The Labute approximate surface area is 115 Å². The Hall–Kier alpha value is -1.66. The molecule has 1 aromatic heterocycles. The van der Waals surface area contributed by atoms with Gasteiger partial charge >= 0.3 is 0 Å². The fourth-order valence-electron chi connectivity index (χ4n) is 1.74. The summed E-state index contributed by atoms with van der Waals surface area (Å²) in [6.45, 7) is 2.38. The van der Waals surface area contributed by atoms with Gasteiger partial charge in [0, 0.05) is 12.1 Å². The summed E-state index contributed by atoms with van der Waals surface area (Å²) in [5, 5.41) is 12.7. The number of carbonyl (C=O) groups excluding carboxylic acids is 1. The van der Waals surface area contributed by atoms with Crippen molar-refractivity contribution in [3.8, 4) is 0 Å². The van der Waals surface area contributed by atoms with Crippen molar-refractivity contribution in [2.45, 2.75) is 25.9 Å². The Balaban J connectivity index is 2.00. The van der Waals surface area contributed by atoms with Gasteiger partial charge in [-0.25, -0.2) is 4.98 Å². The van der Waals surface area contributed by atoms with Gasteiger partial charge in [-0.05, 0) is 31.0 Å². The van der Waals surface area contributed by atoms with Crippen molar-refractivity contribution < 1.29 is 9.90 Å². The summed E-state index contributed by atoms with van der Waals surface area (Å²) >= 11 is 1.36. The molecule has 1 aromatic carbocycles. The molecule has 2 rings (SSSR count). The lowest BCUT2D eigenvalue weighted by molar-refractivity contribution is 0.0942. The van der Waals surface area contributed by atoms with E-state index in [1.165, 1.54) is 11.3 Å². The standard InChI is InChI=1S/C13H17N3O2S/c1-2-9(17)5-6-15-12(18)8-3-4-10-11(7-8)19-13(14)16-10/h3-4,7,9,17H,2,5-6H2,1H3,(H2,14,16)(H,15,18). The van der Waals surface area contributed by atoms with Crippen molar-refractivity contribution in [1.82, 2.24) is 10.3 Å². The molecule has 4 N–H and O–H groups in total. The van der Waals surface area contributed by atoms with E-state index in [1.807, 2.05) is 6.92 Å². The van der Waals surface area contributed by atoms with Gasteiger partial charge in [-0.2, -0.15) is 0 Å². The molecule has 1 amide bonds. The maximum Gasteiger partial charge on any atom is 0.251 e. The molecule has 2 aromatic rings. The van der Waals surface area contributed by atoms with Gasteiger partial charge < -0.3 is 16.2 Å². The first-order valence-electron chi connectivity index (χ1n) is 6.22. The predicted octanol–water partition coefficient (Wildman–Crippen LogP) is 1.77. The minimum Gasteiger partial charge on any atom is -0.393 e. The number of nitrogens with one attached hydrogen (secondary N) is 1. The van der Waals surface area contributed by atoms with E-state index in [0.717, 1.165) is 10.2 Å². The maximum absolute atomic E-state index is 11.9. The van der Waals surface area contributed by atoms with E-state index in [0.29, 0.717) is 30.1 Å². The number of hydrogen-bond acceptors (Lipinski definition) is 5. The van der Waals surface area contributed by atoms with Crippen LogP contribution in [-0.2, 0) is 0 Å². The molecule has 0 aliphatic carbocycles. The molecule has 0 saturated carbocycles. The van der Waals surface area contributed by atoms with E-state index in [4.69, 9.17) is 5.73 Å². The van der Waals surface area contributed by atoms with Crippen LogP contribution in [0.15, 0.2) is 18.2 Å². The minimum atomic E-state index is -0.357. The quantitative estimate of drug-likeness (QED) is 0.778. The topological polar surface area (TPSA) is 88.2 Å². The monoisotopic (exact) mass is 279 g/mol. The number of rotatable bonds is 5. The minimum absolute atomic E-state index is 0.142. The summed E-state index contributed by atoms with van der Waals surface area (Å²) in [6, 6.07) is 5.31. The van der Waals surface area contributed by atoms with Crippen LogP contribution in [0.2, 0.25) is 0 Å². The van der Waals surface area contributed by atoms with E-state index >= 15 is 0 Å². The van der Waals surface area contributed by atoms with E-state index in [1.54, 1.807) is 18.2 Å². The highest BCUT2D eigenvalue weighted by Crippen LogP contribution is 2.24. The average Bonchev–Trinajstić information content (AvgIpc) is 2.77. The summed E-state index contributed by atoms with van der Waals surface area (Å²) < 4.78 is 0.902. The molecule has 0 aliphatic heterocycles. The Morgan fingerprint density at radius 1 is 1.58 bits per heavy atom. The molecule has 0 spiro atoms. The van der Waals surface area contributed by atoms with Crippen LogP contribution in [0.5, 0.6) is 0 Å². The van der Waals surface area contributed by atoms with Crippen LogP contribution in [0.3, 0.4) is 0 Å².